The number of nitrogens with zero attached hydrogens (tertiary/aromatic N) is 1. The van der Waals surface area contributed by atoms with Crippen LogP contribution in [-0.4, -0.2) is 36.3 Å². The Morgan fingerprint density at radius 3 is 2.39 bits per heavy atom. The highest BCUT2D eigenvalue weighted by Crippen LogP contribution is 2.18. The minimum absolute atomic E-state index is 0.0507. The van der Waals surface area contributed by atoms with Crippen molar-refractivity contribution in [2.45, 2.75) is 39.0 Å². The van der Waals surface area contributed by atoms with E-state index in [9.17, 15) is 9.59 Å². The van der Waals surface area contributed by atoms with E-state index < -0.39 is 0 Å². The maximum atomic E-state index is 12.0. The summed E-state index contributed by atoms with van der Waals surface area (Å²) in [5, 5.41) is 0. The van der Waals surface area contributed by atoms with Gasteiger partial charge >= 0.3 is 0 Å². The zero-order valence-corrected chi connectivity index (χ0v) is 11.2. The summed E-state index contributed by atoms with van der Waals surface area (Å²) in [5.41, 5.74) is 10.7. The van der Waals surface area contributed by atoms with Gasteiger partial charge < -0.3 is 16.4 Å². The Bertz CT molecular complexity index is 286. The van der Waals surface area contributed by atoms with E-state index in [-0.39, 0.29) is 17.7 Å². The minimum Gasteiger partial charge on any atom is -0.369 e. The van der Waals surface area contributed by atoms with E-state index in [0.717, 1.165) is 12.8 Å². The van der Waals surface area contributed by atoms with E-state index in [0.29, 0.717) is 44.8 Å². The molecule has 1 heterocycles. The third-order valence-electron chi connectivity index (χ3n) is 3.76. The van der Waals surface area contributed by atoms with Crippen LogP contribution in [0.3, 0.4) is 0 Å². The monoisotopic (exact) mass is 255 g/mol. The normalized spacial score (nSPS) is 18.7. The average molecular weight is 255 g/mol. The summed E-state index contributed by atoms with van der Waals surface area (Å²) in [4.78, 5) is 24.8. The molecule has 1 fully saturated rings. The molecule has 4 N–H and O–H groups in total. The topological polar surface area (TPSA) is 89.4 Å². The average Bonchev–Trinajstić information content (AvgIpc) is 2.36. The van der Waals surface area contributed by atoms with Crippen LogP contribution in [0.1, 0.15) is 39.0 Å². The van der Waals surface area contributed by atoms with Crippen molar-refractivity contribution in [3.8, 4) is 0 Å². The lowest BCUT2D eigenvalue weighted by molar-refractivity contribution is -0.135. The third kappa shape index (κ3) is 4.64. The first kappa shape index (κ1) is 15.0. The van der Waals surface area contributed by atoms with Gasteiger partial charge in [0.25, 0.3) is 0 Å². The van der Waals surface area contributed by atoms with Gasteiger partial charge in [0.2, 0.25) is 11.8 Å². The lowest BCUT2D eigenvalue weighted by Gasteiger charge is -2.30. The highest BCUT2D eigenvalue weighted by atomic mass is 16.2. The largest absolute Gasteiger partial charge is 0.369 e. The highest BCUT2D eigenvalue weighted by molar-refractivity contribution is 5.78. The Labute approximate surface area is 109 Å². The molecule has 1 atom stereocenters. The van der Waals surface area contributed by atoms with Crippen molar-refractivity contribution in [3.05, 3.63) is 0 Å². The number of primary amides is 1. The fraction of sp³-hybridized carbons (Fsp3) is 0.846. The van der Waals surface area contributed by atoms with Gasteiger partial charge in [0.05, 0.1) is 0 Å². The standard InChI is InChI=1S/C13H25N3O2/c1-10(4-7-14)2-3-12(17)16-8-5-11(6-9-16)13(15)18/h10-11H,2-9,14H2,1H3,(H2,15,18). The minimum atomic E-state index is -0.237. The Balaban J connectivity index is 2.25. The molecular weight excluding hydrogens is 230 g/mol. The van der Waals surface area contributed by atoms with Crippen molar-refractivity contribution in [1.29, 1.82) is 0 Å². The second-order valence-corrected chi connectivity index (χ2v) is 5.28. The van der Waals surface area contributed by atoms with Gasteiger partial charge in [0.15, 0.2) is 0 Å². The molecular formula is C13H25N3O2. The zero-order chi connectivity index (χ0) is 13.5. The molecule has 0 spiro atoms. The van der Waals surface area contributed by atoms with E-state index in [4.69, 9.17) is 11.5 Å². The lowest BCUT2D eigenvalue weighted by Crippen LogP contribution is -2.41. The van der Waals surface area contributed by atoms with Crippen LogP contribution in [0.4, 0.5) is 0 Å². The quantitative estimate of drug-likeness (QED) is 0.723. The van der Waals surface area contributed by atoms with Crippen LogP contribution in [0.15, 0.2) is 0 Å². The summed E-state index contributed by atoms with van der Waals surface area (Å²) in [6, 6.07) is 0. The fourth-order valence-electron chi connectivity index (χ4n) is 2.37. The van der Waals surface area contributed by atoms with Gasteiger partial charge in [-0.1, -0.05) is 6.92 Å². The second kappa shape index (κ2) is 7.36. The molecule has 1 unspecified atom stereocenters. The van der Waals surface area contributed by atoms with E-state index in [1.165, 1.54) is 0 Å². The van der Waals surface area contributed by atoms with Crippen LogP contribution in [0.25, 0.3) is 0 Å². The van der Waals surface area contributed by atoms with Gasteiger partial charge in [0, 0.05) is 25.4 Å². The number of carbonyl (C=O) groups excluding carboxylic acids is 2. The molecule has 0 radical (unpaired) electrons. The van der Waals surface area contributed by atoms with Crippen molar-refractivity contribution in [2.75, 3.05) is 19.6 Å². The second-order valence-electron chi connectivity index (χ2n) is 5.28. The molecule has 104 valence electrons. The first-order chi connectivity index (χ1) is 8.54. The van der Waals surface area contributed by atoms with Crippen LogP contribution in [0.2, 0.25) is 0 Å². The van der Waals surface area contributed by atoms with Crippen molar-refractivity contribution in [1.82, 2.24) is 4.90 Å². The SMILES string of the molecule is CC(CCN)CCC(=O)N1CCC(C(N)=O)CC1. The smallest absolute Gasteiger partial charge is 0.222 e. The highest BCUT2D eigenvalue weighted by Gasteiger charge is 2.25. The molecule has 18 heavy (non-hydrogen) atoms. The van der Waals surface area contributed by atoms with Crippen molar-refractivity contribution < 1.29 is 9.59 Å². The summed E-state index contributed by atoms with van der Waals surface area (Å²) < 4.78 is 0. The molecule has 0 aromatic heterocycles. The molecule has 1 aliphatic heterocycles. The van der Waals surface area contributed by atoms with Gasteiger partial charge in [-0.2, -0.15) is 0 Å². The van der Waals surface area contributed by atoms with E-state index in [1.807, 2.05) is 4.90 Å². The summed E-state index contributed by atoms with van der Waals surface area (Å²) >= 11 is 0. The summed E-state index contributed by atoms with van der Waals surface area (Å²) in [6.45, 7) is 4.13. The number of likely N-dealkylation sites (tertiary alicyclic amines) is 1. The van der Waals surface area contributed by atoms with Crippen molar-refractivity contribution >= 4 is 11.8 Å². The Kier molecular flexibility index (Phi) is 6.12. The number of rotatable bonds is 6. The predicted octanol–water partition coefficient (Wildman–Crippen LogP) is 0.475. The third-order valence-corrected chi connectivity index (χ3v) is 3.76. The van der Waals surface area contributed by atoms with E-state index >= 15 is 0 Å². The fourth-order valence-corrected chi connectivity index (χ4v) is 2.37. The number of hydrogen-bond acceptors (Lipinski definition) is 3. The van der Waals surface area contributed by atoms with E-state index in [1.54, 1.807) is 0 Å². The molecule has 1 rings (SSSR count). The van der Waals surface area contributed by atoms with Gasteiger partial charge in [-0.3, -0.25) is 9.59 Å². The first-order valence-electron chi connectivity index (χ1n) is 6.81. The molecule has 5 nitrogen and oxygen atoms in total. The molecule has 2 amide bonds. The molecule has 0 saturated carbocycles. The Morgan fingerprint density at radius 2 is 1.89 bits per heavy atom. The van der Waals surface area contributed by atoms with Gasteiger partial charge in [-0.05, 0) is 38.1 Å². The summed E-state index contributed by atoms with van der Waals surface area (Å²) in [6.07, 6.45) is 3.87. The molecule has 0 aliphatic carbocycles. The molecule has 0 aromatic rings. The molecule has 0 bridgehead atoms. The molecule has 1 aliphatic rings. The van der Waals surface area contributed by atoms with Crippen molar-refractivity contribution in [2.24, 2.45) is 23.3 Å². The van der Waals surface area contributed by atoms with Gasteiger partial charge in [-0.15, -0.1) is 0 Å². The first-order valence-corrected chi connectivity index (χ1v) is 6.81. The Morgan fingerprint density at radius 1 is 1.28 bits per heavy atom. The van der Waals surface area contributed by atoms with Crippen LogP contribution in [-0.2, 0) is 9.59 Å². The lowest BCUT2D eigenvalue weighted by atomic mass is 9.95. The van der Waals surface area contributed by atoms with Crippen LogP contribution < -0.4 is 11.5 Å². The maximum absolute atomic E-state index is 12.0. The summed E-state index contributed by atoms with van der Waals surface area (Å²) in [7, 11) is 0. The van der Waals surface area contributed by atoms with Gasteiger partial charge in [0.1, 0.15) is 0 Å². The van der Waals surface area contributed by atoms with Crippen LogP contribution in [0.5, 0.6) is 0 Å². The number of amides is 2. The summed E-state index contributed by atoms with van der Waals surface area (Å²) in [5.74, 6) is 0.410. The number of nitrogens with two attached hydrogens (primary N) is 2. The van der Waals surface area contributed by atoms with Crippen LogP contribution >= 0.6 is 0 Å². The van der Waals surface area contributed by atoms with Crippen LogP contribution in [0, 0.1) is 11.8 Å². The van der Waals surface area contributed by atoms with E-state index in [2.05, 4.69) is 6.92 Å². The molecule has 0 aromatic carbocycles. The number of piperidine rings is 1. The van der Waals surface area contributed by atoms with Crippen molar-refractivity contribution in [3.63, 3.8) is 0 Å². The number of carbonyl (C=O) groups is 2. The maximum Gasteiger partial charge on any atom is 0.222 e. The predicted molar refractivity (Wildman–Crippen MR) is 70.6 cm³/mol. The van der Waals surface area contributed by atoms with Gasteiger partial charge in [-0.25, -0.2) is 0 Å². The number of hydrogen-bond donors (Lipinski definition) is 2. The molecule has 1 saturated heterocycles. The molecule has 5 heteroatoms. The zero-order valence-electron chi connectivity index (χ0n) is 11.2. The Hall–Kier alpha value is -1.10.